The van der Waals surface area contributed by atoms with Crippen molar-refractivity contribution in [3.05, 3.63) is 47.9 Å². The largest absolute Gasteiger partial charge is 0.474 e. The third-order valence-corrected chi connectivity index (χ3v) is 2.71. The fraction of sp³-hybridized carbons (Fsp3) is 0.500. The molecule has 0 heterocycles. The summed E-state index contributed by atoms with van der Waals surface area (Å²) >= 11 is 0. The number of aliphatic hydroxyl groups excluding tert-OH is 1. The molecule has 0 amide bonds. The smallest absolute Gasteiger partial charge is 0.180 e. The number of aryl methyl sites for hydroxylation is 1. The summed E-state index contributed by atoms with van der Waals surface area (Å²) in [6, 6.07) is 7.69. The quantitative estimate of drug-likeness (QED) is 0.801. The summed E-state index contributed by atoms with van der Waals surface area (Å²) in [4.78, 5) is 0. The zero-order valence-electron chi connectivity index (χ0n) is 12.5. The van der Waals surface area contributed by atoms with Crippen LogP contribution < -0.4 is 5.32 Å². The maximum absolute atomic E-state index is 10.3. The van der Waals surface area contributed by atoms with Gasteiger partial charge in [-0.25, -0.2) is 0 Å². The van der Waals surface area contributed by atoms with Gasteiger partial charge in [0.2, 0.25) is 0 Å². The number of aliphatic hydroxyl groups is 1. The van der Waals surface area contributed by atoms with Crippen LogP contribution in [-0.2, 0) is 4.74 Å². The first-order chi connectivity index (χ1) is 8.69. The van der Waals surface area contributed by atoms with E-state index in [9.17, 15) is 5.11 Å². The van der Waals surface area contributed by atoms with Crippen molar-refractivity contribution in [3.63, 3.8) is 0 Å². The van der Waals surface area contributed by atoms with Crippen molar-refractivity contribution < 1.29 is 9.84 Å². The molecule has 0 aliphatic heterocycles. The number of hydrogen-bond acceptors (Lipinski definition) is 3. The Kier molecular flexibility index (Phi) is 5.01. The Morgan fingerprint density at radius 3 is 2.26 bits per heavy atom. The topological polar surface area (TPSA) is 41.5 Å². The van der Waals surface area contributed by atoms with Gasteiger partial charge in [0.05, 0.1) is 12.1 Å². The summed E-state index contributed by atoms with van der Waals surface area (Å²) in [7, 11) is 0. The maximum Gasteiger partial charge on any atom is 0.180 e. The predicted molar refractivity (Wildman–Crippen MR) is 78.7 cm³/mol. The zero-order valence-corrected chi connectivity index (χ0v) is 12.5. The van der Waals surface area contributed by atoms with E-state index in [2.05, 4.69) is 11.9 Å². The van der Waals surface area contributed by atoms with E-state index in [0.29, 0.717) is 5.88 Å². The van der Waals surface area contributed by atoms with Gasteiger partial charge in [-0.15, -0.1) is 0 Å². The van der Waals surface area contributed by atoms with Crippen LogP contribution in [0.5, 0.6) is 0 Å². The highest BCUT2D eigenvalue weighted by Gasteiger charge is 2.19. The summed E-state index contributed by atoms with van der Waals surface area (Å²) < 4.78 is 5.60. The molecule has 0 spiro atoms. The van der Waals surface area contributed by atoms with Gasteiger partial charge in [0.25, 0.3) is 0 Å². The van der Waals surface area contributed by atoms with Crippen LogP contribution in [0.15, 0.2) is 36.7 Å². The van der Waals surface area contributed by atoms with Crippen LogP contribution in [0.2, 0.25) is 0 Å². The molecule has 1 aromatic carbocycles. The first kappa shape index (κ1) is 15.6. The number of ether oxygens (including phenoxy) is 1. The average Bonchev–Trinajstić information content (AvgIpc) is 2.26. The molecule has 0 radical (unpaired) electrons. The molecule has 19 heavy (non-hydrogen) atoms. The monoisotopic (exact) mass is 263 g/mol. The minimum absolute atomic E-state index is 0.169. The fourth-order valence-electron chi connectivity index (χ4n) is 1.78. The lowest BCUT2D eigenvalue weighted by atomic mass is 10.0. The second-order valence-corrected chi connectivity index (χ2v) is 5.93. The number of rotatable bonds is 5. The second kappa shape index (κ2) is 6.11. The minimum Gasteiger partial charge on any atom is -0.474 e. The molecule has 1 rings (SSSR count). The molecule has 106 valence electrons. The molecule has 0 saturated carbocycles. The van der Waals surface area contributed by atoms with E-state index in [-0.39, 0.29) is 11.6 Å². The van der Waals surface area contributed by atoms with Gasteiger partial charge in [-0.2, -0.15) is 0 Å². The molecule has 1 unspecified atom stereocenters. The molecular weight excluding hydrogens is 238 g/mol. The van der Waals surface area contributed by atoms with Crippen LogP contribution in [0, 0.1) is 6.92 Å². The van der Waals surface area contributed by atoms with Crippen LogP contribution in [0.3, 0.4) is 0 Å². The Labute approximate surface area is 116 Å². The van der Waals surface area contributed by atoms with Gasteiger partial charge >= 0.3 is 0 Å². The fourth-order valence-corrected chi connectivity index (χ4v) is 1.78. The van der Waals surface area contributed by atoms with Gasteiger partial charge in [-0.1, -0.05) is 29.8 Å². The van der Waals surface area contributed by atoms with Crippen LogP contribution >= 0.6 is 0 Å². The molecule has 0 aliphatic rings. The number of benzene rings is 1. The summed E-state index contributed by atoms with van der Waals surface area (Å²) in [6.07, 6.45) is -0.596. The van der Waals surface area contributed by atoms with E-state index < -0.39 is 6.10 Å². The van der Waals surface area contributed by atoms with Crippen molar-refractivity contribution >= 4 is 0 Å². The number of hydrogen-bond donors (Lipinski definition) is 2. The van der Waals surface area contributed by atoms with Crippen LogP contribution in [0.1, 0.15) is 44.9 Å². The zero-order chi connectivity index (χ0) is 14.6. The van der Waals surface area contributed by atoms with Gasteiger partial charge in [-0.05, 0) is 46.8 Å². The average molecular weight is 263 g/mol. The summed E-state index contributed by atoms with van der Waals surface area (Å²) in [5.74, 6) is 0.478. The lowest BCUT2D eigenvalue weighted by Crippen LogP contribution is -2.34. The summed E-state index contributed by atoms with van der Waals surface area (Å²) in [5, 5.41) is 13.4. The van der Waals surface area contributed by atoms with Gasteiger partial charge in [0, 0.05) is 0 Å². The SMILES string of the molecule is C=C(NC(C)[C@H](O)c1ccc(C)cc1)OC(C)(C)C. The molecule has 0 bridgehead atoms. The van der Waals surface area contributed by atoms with E-state index in [1.165, 1.54) is 5.56 Å². The van der Waals surface area contributed by atoms with E-state index in [4.69, 9.17) is 4.74 Å². The molecule has 3 nitrogen and oxygen atoms in total. The highest BCUT2D eigenvalue weighted by Crippen LogP contribution is 2.19. The lowest BCUT2D eigenvalue weighted by molar-refractivity contribution is 0.0303. The van der Waals surface area contributed by atoms with E-state index in [0.717, 1.165) is 5.56 Å². The Balaban J connectivity index is 2.60. The maximum atomic E-state index is 10.3. The lowest BCUT2D eigenvalue weighted by Gasteiger charge is -2.27. The molecule has 2 N–H and O–H groups in total. The Hall–Kier alpha value is -1.48. The van der Waals surface area contributed by atoms with E-state index in [1.54, 1.807) is 0 Å². The first-order valence-electron chi connectivity index (χ1n) is 6.58. The van der Waals surface area contributed by atoms with Crippen molar-refractivity contribution in [2.24, 2.45) is 0 Å². The van der Waals surface area contributed by atoms with Crippen molar-refractivity contribution in [2.75, 3.05) is 0 Å². The van der Waals surface area contributed by atoms with Crippen molar-refractivity contribution in [2.45, 2.75) is 52.4 Å². The molecule has 0 fully saturated rings. The molecule has 0 aromatic heterocycles. The third kappa shape index (κ3) is 5.35. The van der Waals surface area contributed by atoms with Crippen LogP contribution in [0.25, 0.3) is 0 Å². The van der Waals surface area contributed by atoms with E-state index >= 15 is 0 Å². The second-order valence-electron chi connectivity index (χ2n) is 5.93. The van der Waals surface area contributed by atoms with Crippen molar-refractivity contribution in [1.29, 1.82) is 0 Å². The Bertz CT molecular complexity index is 417. The van der Waals surface area contributed by atoms with Crippen LogP contribution in [-0.4, -0.2) is 16.7 Å². The standard InChI is InChI=1S/C16H25NO2/c1-11-7-9-14(10-8-11)15(18)12(2)17-13(3)19-16(4,5)6/h7-10,12,15,17-18H,3H2,1-2,4-6H3/t12?,15-/m0/s1. The van der Waals surface area contributed by atoms with Gasteiger partial charge < -0.3 is 15.2 Å². The van der Waals surface area contributed by atoms with Crippen LogP contribution in [0.4, 0.5) is 0 Å². The van der Waals surface area contributed by atoms with E-state index in [1.807, 2.05) is 58.9 Å². The van der Waals surface area contributed by atoms with Gasteiger partial charge in [0.1, 0.15) is 5.60 Å². The normalized spacial score (nSPS) is 14.6. The first-order valence-corrected chi connectivity index (χ1v) is 6.58. The summed E-state index contributed by atoms with van der Waals surface area (Å²) in [6.45, 7) is 13.6. The molecule has 3 heteroatoms. The Morgan fingerprint density at radius 2 is 1.79 bits per heavy atom. The van der Waals surface area contributed by atoms with Crippen molar-refractivity contribution in [1.82, 2.24) is 5.32 Å². The third-order valence-electron chi connectivity index (χ3n) is 2.71. The molecule has 0 aliphatic carbocycles. The van der Waals surface area contributed by atoms with Gasteiger partial charge in [0.15, 0.2) is 5.88 Å². The Morgan fingerprint density at radius 1 is 1.26 bits per heavy atom. The number of nitrogens with one attached hydrogen (secondary N) is 1. The molecular formula is C16H25NO2. The predicted octanol–water partition coefficient (Wildman–Crippen LogP) is 3.29. The highest BCUT2D eigenvalue weighted by molar-refractivity contribution is 5.24. The van der Waals surface area contributed by atoms with Crippen molar-refractivity contribution in [3.8, 4) is 0 Å². The molecule has 2 atom stereocenters. The molecule has 0 saturated heterocycles. The van der Waals surface area contributed by atoms with Gasteiger partial charge in [-0.3, -0.25) is 0 Å². The summed E-state index contributed by atoms with van der Waals surface area (Å²) in [5.41, 5.74) is 1.77. The minimum atomic E-state index is -0.596. The molecule has 1 aromatic rings. The highest BCUT2D eigenvalue weighted by atomic mass is 16.5.